The predicted molar refractivity (Wildman–Crippen MR) is 44.9 cm³/mol. The smallest absolute Gasteiger partial charge is 0.144 e. The fourth-order valence-corrected chi connectivity index (χ4v) is 0.741. The standard InChI is InChI=1S/C9H10NO/c1-2-7-11-9-6-4-3-5-8(9)10/h2-6,10H,1,7H2. The summed E-state index contributed by atoms with van der Waals surface area (Å²) in [5.41, 5.74) is 7.80. The second-order valence-corrected chi connectivity index (χ2v) is 2.10. The number of rotatable bonds is 3. The molecule has 0 saturated heterocycles. The Kier molecular flexibility index (Phi) is 2.55. The molecule has 1 rings (SSSR count). The van der Waals surface area contributed by atoms with Gasteiger partial charge in [0.1, 0.15) is 12.4 Å². The van der Waals surface area contributed by atoms with Crippen LogP contribution in [0, 0.1) is 0 Å². The van der Waals surface area contributed by atoms with Crippen molar-refractivity contribution in [1.82, 2.24) is 5.73 Å². The van der Waals surface area contributed by atoms with E-state index < -0.39 is 0 Å². The Labute approximate surface area is 66.3 Å². The topological polar surface area (TPSA) is 33.0 Å². The van der Waals surface area contributed by atoms with E-state index in [0.29, 0.717) is 18.0 Å². The highest BCUT2D eigenvalue weighted by atomic mass is 16.5. The van der Waals surface area contributed by atoms with Gasteiger partial charge >= 0.3 is 0 Å². The van der Waals surface area contributed by atoms with Crippen molar-refractivity contribution in [2.45, 2.75) is 0 Å². The first-order chi connectivity index (χ1) is 5.34. The van der Waals surface area contributed by atoms with Crippen molar-refractivity contribution >= 4 is 5.69 Å². The van der Waals surface area contributed by atoms with Gasteiger partial charge < -0.3 is 4.74 Å². The van der Waals surface area contributed by atoms with E-state index in [4.69, 9.17) is 10.5 Å². The third-order valence-corrected chi connectivity index (χ3v) is 1.24. The van der Waals surface area contributed by atoms with Gasteiger partial charge in [0, 0.05) is 0 Å². The highest BCUT2D eigenvalue weighted by Crippen LogP contribution is 2.20. The number of hydrogen-bond donors (Lipinski definition) is 0. The minimum absolute atomic E-state index is 0.411. The molecule has 1 aromatic carbocycles. The normalized spacial score (nSPS) is 9.09. The summed E-state index contributed by atoms with van der Waals surface area (Å²) in [4.78, 5) is 0. The van der Waals surface area contributed by atoms with E-state index in [-0.39, 0.29) is 0 Å². The van der Waals surface area contributed by atoms with Crippen LogP contribution >= 0.6 is 0 Å². The minimum Gasteiger partial charge on any atom is -0.487 e. The predicted octanol–water partition coefficient (Wildman–Crippen LogP) is 2.17. The van der Waals surface area contributed by atoms with Crippen LogP contribution in [-0.2, 0) is 0 Å². The SMILES string of the molecule is C=CCOc1ccccc1[NH]. The second-order valence-electron chi connectivity index (χ2n) is 2.10. The van der Waals surface area contributed by atoms with E-state index in [0.717, 1.165) is 0 Å². The van der Waals surface area contributed by atoms with Crippen LogP contribution in [-0.4, -0.2) is 6.61 Å². The molecule has 57 valence electrons. The Hall–Kier alpha value is -1.44. The number of nitrogens with one attached hydrogen (secondary N) is 1. The molecule has 2 heteroatoms. The van der Waals surface area contributed by atoms with Crippen LogP contribution in [0.5, 0.6) is 5.75 Å². The summed E-state index contributed by atoms with van der Waals surface area (Å²) in [7, 11) is 0. The maximum atomic E-state index is 7.39. The molecule has 0 spiro atoms. The van der Waals surface area contributed by atoms with Crippen molar-refractivity contribution in [3.05, 3.63) is 36.9 Å². The Morgan fingerprint density at radius 1 is 1.45 bits per heavy atom. The van der Waals surface area contributed by atoms with Gasteiger partial charge in [-0.15, -0.1) is 0 Å². The first kappa shape index (κ1) is 7.66. The molecular weight excluding hydrogens is 138 g/mol. The van der Waals surface area contributed by atoms with Crippen LogP contribution in [0.2, 0.25) is 0 Å². The Morgan fingerprint density at radius 3 is 2.82 bits per heavy atom. The van der Waals surface area contributed by atoms with Crippen molar-refractivity contribution in [1.29, 1.82) is 0 Å². The number of benzene rings is 1. The molecule has 1 radical (unpaired) electrons. The second kappa shape index (κ2) is 3.66. The quantitative estimate of drug-likeness (QED) is 0.604. The molecule has 0 amide bonds. The van der Waals surface area contributed by atoms with Crippen LogP contribution in [0.1, 0.15) is 0 Å². The molecule has 0 aliphatic rings. The van der Waals surface area contributed by atoms with Crippen molar-refractivity contribution in [2.24, 2.45) is 0 Å². The van der Waals surface area contributed by atoms with Crippen molar-refractivity contribution in [3.63, 3.8) is 0 Å². The van der Waals surface area contributed by atoms with Gasteiger partial charge in [0.2, 0.25) is 0 Å². The van der Waals surface area contributed by atoms with E-state index in [1.54, 1.807) is 18.2 Å². The summed E-state index contributed by atoms with van der Waals surface area (Å²) in [6.07, 6.45) is 1.66. The molecule has 0 heterocycles. The largest absolute Gasteiger partial charge is 0.487 e. The highest BCUT2D eigenvalue weighted by Gasteiger charge is 1.95. The zero-order chi connectivity index (χ0) is 8.10. The van der Waals surface area contributed by atoms with Gasteiger partial charge in [-0.05, 0) is 12.1 Å². The zero-order valence-corrected chi connectivity index (χ0v) is 6.21. The molecule has 0 aliphatic carbocycles. The Balaban J connectivity index is 2.69. The van der Waals surface area contributed by atoms with E-state index in [1.807, 2.05) is 12.1 Å². The van der Waals surface area contributed by atoms with Crippen LogP contribution < -0.4 is 10.5 Å². The first-order valence-electron chi connectivity index (χ1n) is 3.39. The lowest BCUT2D eigenvalue weighted by Gasteiger charge is -2.03. The molecular formula is C9H10NO. The summed E-state index contributed by atoms with van der Waals surface area (Å²) in [6.45, 7) is 3.97. The average molecular weight is 148 g/mol. The van der Waals surface area contributed by atoms with Gasteiger partial charge in [-0.25, -0.2) is 0 Å². The third-order valence-electron chi connectivity index (χ3n) is 1.24. The van der Waals surface area contributed by atoms with Crippen molar-refractivity contribution in [3.8, 4) is 5.75 Å². The fraction of sp³-hybridized carbons (Fsp3) is 0.111. The lowest BCUT2D eigenvalue weighted by molar-refractivity contribution is 0.364. The molecule has 0 atom stereocenters. The molecule has 0 bridgehead atoms. The molecule has 1 N–H and O–H groups in total. The van der Waals surface area contributed by atoms with Crippen LogP contribution in [0.3, 0.4) is 0 Å². The van der Waals surface area contributed by atoms with E-state index in [2.05, 4.69) is 6.58 Å². The van der Waals surface area contributed by atoms with Gasteiger partial charge in [0.05, 0.1) is 5.69 Å². The van der Waals surface area contributed by atoms with Gasteiger partial charge in [-0.1, -0.05) is 24.8 Å². The van der Waals surface area contributed by atoms with Gasteiger partial charge in [0.15, 0.2) is 0 Å². The monoisotopic (exact) mass is 148 g/mol. The van der Waals surface area contributed by atoms with E-state index in [9.17, 15) is 0 Å². The van der Waals surface area contributed by atoms with E-state index >= 15 is 0 Å². The number of para-hydroxylation sites is 1. The Bertz CT molecular complexity index is 245. The van der Waals surface area contributed by atoms with Crippen LogP contribution in [0.25, 0.3) is 0 Å². The molecule has 2 nitrogen and oxygen atoms in total. The molecule has 0 saturated carbocycles. The lowest BCUT2D eigenvalue weighted by atomic mass is 10.3. The van der Waals surface area contributed by atoms with Crippen LogP contribution in [0.4, 0.5) is 5.69 Å². The van der Waals surface area contributed by atoms with Gasteiger partial charge in [0.25, 0.3) is 0 Å². The highest BCUT2D eigenvalue weighted by molar-refractivity contribution is 5.48. The van der Waals surface area contributed by atoms with Crippen LogP contribution in [0.15, 0.2) is 36.9 Å². The molecule has 0 unspecified atom stereocenters. The summed E-state index contributed by atoms with van der Waals surface area (Å²) >= 11 is 0. The maximum Gasteiger partial charge on any atom is 0.144 e. The summed E-state index contributed by atoms with van der Waals surface area (Å²) in [5.74, 6) is 0.604. The Morgan fingerprint density at radius 2 is 2.18 bits per heavy atom. The van der Waals surface area contributed by atoms with E-state index in [1.165, 1.54) is 0 Å². The summed E-state index contributed by atoms with van der Waals surface area (Å²) in [6, 6.07) is 7.11. The zero-order valence-electron chi connectivity index (χ0n) is 6.21. The fourth-order valence-electron chi connectivity index (χ4n) is 0.741. The minimum atomic E-state index is 0.411. The molecule has 1 aromatic rings. The summed E-state index contributed by atoms with van der Waals surface area (Å²) in [5, 5.41) is 0. The number of hydrogen-bond acceptors (Lipinski definition) is 1. The van der Waals surface area contributed by atoms with Gasteiger partial charge in [-0.2, -0.15) is 0 Å². The molecule has 0 fully saturated rings. The average Bonchev–Trinajstić information content (AvgIpc) is 2.03. The van der Waals surface area contributed by atoms with Gasteiger partial charge in [-0.3, -0.25) is 5.73 Å². The van der Waals surface area contributed by atoms with Crippen molar-refractivity contribution < 1.29 is 4.74 Å². The van der Waals surface area contributed by atoms with Crippen molar-refractivity contribution in [2.75, 3.05) is 6.61 Å². The number of ether oxygens (including phenoxy) is 1. The molecule has 0 aromatic heterocycles. The molecule has 11 heavy (non-hydrogen) atoms. The third kappa shape index (κ3) is 2.00. The molecule has 0 aliphatic heterocycles. The maximum absolute atomic E-state index is 7.39. The first-order valence-corrected chi connectivity index (χ1v) is 3.39. The lowest BCUT2D eigenvalue weighted by Crippen LogP contribution is -1.92. The summed E-state index contributed by atoms with van der Waals surface area (Å²) < 4.78 is 5.18.